The zero-order valence-corrected chi connectivity index (χ0v) is 17.1. The van der Waals surface area contributed by atoms with Gasteiger partial charge in [0.2, 0.25) is 5.95 Å². The summed E-state index contributed by atoms with van der Waals surface area (Å²) in [4.78, 5) is 16.4. The molecule has 3 aromatic rings. The summed E-state index contributed by atoms with van der Waals surface area (Å²) in [5, 5.41) is 0. The maximum absolute atomic E-state index is 12.8. The Labute approximate surface area is 164 Å². The molecule has 148 valence electrons. The van der Waals surface area contributed by atoms with Crippen LogP contribution in [-0.2, 0) is 10.0 Å². The van der Waals surface area contributed by atoms with Crippen molar-refractivity contribution in [3.8, 4) is 11.3 Å². The van der Waals surface area contributed by atoms with Gasteiger partial charge in [-0.2, -0.15) is 4.98 Å². The van der Waals surface area contributed by atoms with Gasteiger partial charge in [0.1, 0.15) is 17.6 Å². The predicted molar refractivity (Wildman–Crippen MR) is 108 cm³/mol. The van der Waals surface area contributed by atoms with Crippen molar-refractivity contribution in [2.24, 2.45) is 0 Å². The number of oxazole rings is 1. The first-order valence-corrected chi connectivity index (χ1v) is 9.93. The van der Waals surface area contributed by atoms with Crippen LogP contribution in [0.2, 0.25) is 0 Å². The first-order chi connectivity index (χ1) is 13.2. The van der Waals surface area contributed by atoms with Gasteiger partial charge >= 0.3 is 0 Å². The Hall–Kier alpha value is -3.14. The Balaban J connectivity index is 1.89. The first-order valence-electron chi connectivity index (χ1n) is 8.44. The van der Waals surface area contributed by atoms with Gasteiger partial charge in [-0.15, -0.1) is 0 Å². The molecule has 0 amide bonds. The lowest BCUT2D eigenvalue weighted by Gasteiger charge is -2.19. The minimum atomic E-state index is -3.81. The zero-order chi connectivity index (χ0) is 20.5. The fourth-order valence-electron chi connectivity index (χ4n) is 2.50. The summed E-state index contributed by atoms with van der Waals surface area (Å²) in [5.74, 6) is 1.50. The van der Waals surface area contributed by atoms with Gasteiger partial charge in [0.15, 0.2) is 11.7 Å². The molecule has 2 heterocycles. The fourth-order valence-corrected chi connectivity index (χ4v) is 3.54. The summed E-state index contributed by atoms with van der Waals surface area (Å²) in [6.45, 7) is 1.75. The molecule has 10 heteroatoms. The second-order valence-electron chi connectivity index (χ2n) is 6.58. The van der Waals surface area contributed by atoms with Crippen molar-refractivity contribution >= 4 is 27.5 Å². The number of nitrogens with one attached hydrogen (secondary N) is 1. The Morgan fingerprint density at radius 1 is 1.00 bits per heavy atom. The molecule has 0 spiro atoms. The summed E-state index contributed by atoms with van der Waals surface area (Å²) in [7, 11) is 3.39. The normalized spacial score (nSPS) is 11.3. The Morgan fingerprint density at radius 2 is 1.68 bits per heavy atom. The maximum atomic E-state index is 12.8. The number of benzene rings is 1. The molecule has 2 aromatic heterocycles. The van der Waals surface area contributed by atoms with E-state index in [1.54, 1.807) is 43.0 Å². The van der Waals surface area contributed by atoms with Gasteiger partial charge in [0.25, 0.3) is 10.0 Å². The third-order valence-electron chi connectivity index (χ3n) is 3.90. The summed E-state index contributed by atoms with van der Waals surface area (Å²) in [6, 6.07) is 6.41. The minimum Gasteiger partial charge on any atom is -0.449 e. The topological polar surface area (TPSA) is 104 Å². The molecule has 0 unspecified atom stereocenters. The van der Waals surface area contributed by atoms with E-state index in [0.717, 1.165) is 5.56 Å². The Kier molecular flexibility index (Phi) is 5.23. The van der Waals surface area contributed by atoms with Gasteiger partial charge in [0, 0.05) is 40.7 Å². The first kappa shape index (κ1) is 19.6. The van der Waals surface area contributed by atoms with Crippen molar-refractivity contribution < 1.29 is 12.8 Å². The number of nitrogens with zero attached hydrogens (tertiary/aromatic N) is 5. The van der Waals surface area contributed by atoms with Gasteiger partial charge < -0.3 is 14.2 Å². The molecular weight excluding hydrogens is 380 g/mol. The highest BCUT2D eigenvalue weighted by Gasteiger charge is 2.19. The molecule has 0 aliphatic rings. The molecule has 9 nitrogen and oxygen atoms in total. The summed E-state index contributed by atoms with van der Waals surface area (Å²) in [5.41, 5.74) is 1.72. The van der Waals surface area contributed by atoms with E-state index in [4.69, 9.17) is 4.42 Å². The molecule has 28 heavy (non-hydrogen) atoms. The molecule has 0 aliphatic carbocycles. The fraction of sp³-hybridized carbons (Fsp3) is 0.278. The summed E-state index contributed by atoms with van der Waals surface area (Å²) in [6.07, 6.45) is 2.99. The van der Waals surface area contributed by atoms with E-state index in [-0.39, 0.29) is 4.90 Å². The number of aromatic nitrogens is 3. The van der Waals surface area contributed by atoms with E-state index < -0.39 is 10.0 Å². The van der Waals surface area contributed by atoms with Gasteiger partial charge in [-0.25, -0.2) is 18.4 Å². The lowest BCUT2D eigenvalue weighted by molar-refractivity contribution is 0.521. The molecule has 0 radical (unpaired) electrons. The summed E-state index contributed by atoms with van der Waals surface area (Å²) >= 11 is 0. The number of anilines is 3. The highest BCUT2D eigenvalue weighted by Crippen LogP contribution is 2.27. The average molecular weight is 402 g/mol. The molecule has 1 aromatic carbocycles. The van der Waals surface area contributed by atoms with Crippen molar-refractivity contribution in [2.45, 2.75) is 11.8 Å². The van der Waals surface area contributed by atoms with Crippen molar-refractivity contribution in [1.29, 1.82) is 0 Å². The van der Waals surface area contributed by atoms with Crippen molar-refractivity contribution in [3.63, 3.8) is 0 Å². The maximum Gasteiger partial charge on any atom is 0.262 e. The standard InChI is InChI=1S/C18H22N6O3S/c1-12-20-16(11-27-12)13-6-8-14(9-7-13)28(25,26)22-15-10-19-18(24(4)5)21-17(15)23(2)3/h6-11,22H,1-5H3. The van der Waals surface area contributed by atoms with Crippen molar-refractivity contribution in [2.75, 3.05) is 42.7 Å². The van der Waals surface area contributed by atoms with Crippen LogP contribution in [0, 0.1) is 6.92 Å². The van der Waals surface area contributed by atoms with E-state index in [0.29, 0.717) is 29.0 Å². The second-order valence-corrected chi connectivity index (χ2v) is 8.26. The lowest BCUT2D eigenvalue weighted by atomic mass is 10.2. The molecule has 1 N–H and O–H groups in total. The van der Waals surface area contributed by atoms with Crippen LogP contribution in [0.25, 0.3) is 11.3 Å². The van der Waals surface area contributed by atoms with Gasteiger partial charge in [0.05, 0.1) is 11.1 Å². The van der Waals surface area contributed by atoms with E-state index in [1.807, 2.05) is 14.1 Å². The SMILES string of the molecule is Cc1nc(-c2ccc(S(=O)(=O)Nc3cnc(N(C)C)nc3N(C)C)cc2)co1. The van der Waals surface area contributed by atoms with Gasteiger partial charge in [-0.3, -0.25) is 4.72 Å². The number of hydrogen-bond acceptors (Lipinski definition) is 8. The average Bonchev–Trinajstić information content (AvgIpc) is 3.08. The number of aryl methyl sites for hydroxylation is 1. The van der Waals surface area contributed by atoms with Gasteiger partial charge in [-0.05, 0) is 12.1 Å². The molecule has 0 saturated carbocycles. The molecule has 0 aliphatic heterocycles. The predicted octanol–water partition coefficient (Wildman–Crippen LogP) is 2.37. The van der Waals surface area contributed by atoms with Crippen LogP contribution < -0.4 is 14.5 Å². The van der Waals surface area contributed by atoms with Crippen LogP contribution in [0.5, 0.6) is 0 Å². The molecule has 0 saturated heterocycles. The monoisotopic (exact) mass is 402 g/mol. The Bertz CT molecular complexity index is 1070. The third kappa shape index (κ3) is 4.06. The lowest BCUT2D eigenvalue weighted by Crippen LogP contribution is -2.21. The van der Waals surface area contributed by atoms with Crippen LogP contribution in [0.15, 0.2) is 46.0 Å². The van der Waals surface area contributed by atoms with Crippen LogP contribution in [0.3, 0.4) is 0 Å². The number of sulfonamides is 1. The highest BCUT2D eigenvalue weighted by atomic mass is 32.2. The van der Waals surface area contributed by atoms with E-state index in [9.17, 15) is 8.42 Å². The number of rotatable bonds is 6. The minimum absolute atomic E-state index is 0.123. The van der Waals surface area contributed by atoms with Crippen LogP contribution in [-0.4, -0.2) is 51.6 Å². The van der Waals surface area contributed by atoms with E-state index >= 15 is 0 Å². The zero-order valence-electron chi connectivity index (χ0n) is 16.3. The highest BCUT2D eigenvalue weighted by molar-refractivity contribution is 7.92. The van der Waals surface area contributed by atoms with Crippen LogP contribution >= 0.6 is 0 Å². The largest absolute Gasteiger partial charge is 0.449 e. The van der Waals surface area contributed by atoms with Crippen molar-refractivity contribution in [1.82, 2.24) is 15.0 Å². The third-order valence-corrected chi connectivity index (χ3v) is 5.28. The van der Waals surface area contributed by atoms with Crippen LogP contribution in [0.4, 0.5) is 17.5 Å². The van der Waals surface area contributed by atoms with Crippen LogP contribution in [0.1, 0.15) is 5.89 Å². The Morgan fingerprint density at radius 3 is 2.21 bits per heavy atom. The van der Waals surface area contributed by atoms with Gasteiger partial charge in [-0.1, -0.05) is 12.1 Å². The molecule has 0 atom stereocenters. The smallest absolute Gasteiger partial charge is 0.262 e. The molecule has 0 fully saturated rings. The van der Waals surface area contributed by atoms with Crippen molar-refractivity contribution in [3.05, 3.63) is 42.6 Å². The quantitative estimate of drug-likeness (QED) is 0.670. The van der Waals surface area contributed by atoms with E-state index in [1.165, 1.54) is 24.6 Å². The number of hydrogen-bond donors (Lipinski definition) is 1. The molecule has 3 rings (SSSR count). The molecule has 0 bridgehead atoms. The summed E-state index contributed by atoms with van der Waals surface area (Å²) < 4.78 is 33.4. The molecular formula is C18H22N6O3S. The van der Waals surface area contributed by atoms with E-state index in [2.05, 4.69) is 19.7 Å². The second kappa shape index (κ2) is 7.47.